The number of fused-ring (bicyclic) bond motifs is 3. The predicted molar refractivity (Wildman–Crippen MR) is 132 cm³/mol. The number of hydrogen-bond donors (Lipinski definition) is 1. The first-order valence-electron chi connectivity index (χ1n) is 10.9. The Morgan fingerprint density at radius 2 is 1.82 bits per heavy atom. The van der Waals surface area contributed by atoms with Crippen LogP contribution in [0.4, 0.5) is 11.4 Å². The molecule has 3 aromatic rings. The van der Waals surface area contributed by atoms with Crippen molar-refractivity contribution >= 4 is 40.5 Å². The fourth-order valence-electron chi connectivity index (χ4n) is 5.20. The van der Waals surface area contributed by atoms with E-state index >= 15 is 0 Å². The molecule has 7 heteroatoms. The Labute approximate surface area is 201 Å². The van der Waals surface area contributed by atoms with E-state index in [4.69, 9.17) is 11.6 Å². The molecule has 5 nitrogen and oxygen atoms in total. The number of nitro groups is 1. The van der Waals surface area contributed by atoms with Gasteiger partial charge in [-0.05, 0) is 54.7 Å². The Kier molecular flexibility index (Phi) is 5.89. The second-order valence-corrected chi connectivity index (χ2v) is 10.4. The first kappa shape index (κ1) is 22.0. The number of halogens is 1. The zero-order chi connectivity index (χ0) is 23.1. The molecule has 2 aliphatic rings. The number of para-hydroxylation sites is 1. The molecule has 1 aliphatic heterocycles. The molecule has 33 heavy (non-hydrogen) atoms. The number of anilines is 1. The molecule has 1 saturated carbocycles. The van der Waals surface area contributed by atoms with Crippen LogP contribution in [-0.4, -0.2) is 21.3 Å². The zero-order valence-corrected chi connectivity index (χ0v) is 19.6. The minimum Gasteiger partial charge on any atom is -0.378 e. The molecular weight excluding hydrogens is 456 g/mol. The number of thioether (sulfide) groups is 1. The molecular formula is C26H23ClN2O3S. The fraction of sp³-hybridized carbons (Fsp3) is 0.269. The molecule has 5 rings (SSSR count). The molecule has 1 aliphatic carbocycles. The normalized spacial score (nSPS) is 25.6. The van der Waals surface area contributed by atoms with Gasteiger partial charge in [-0.2, -0.15) is 0 Å². The standard InChI is InChI=1S/C26H23ClN2O3S/c1-15(30)17-11-12-20-18(13-17)24-19(26(28-20)16-7-3-2-4-8-16)14-23(25(24)27)33-22-10-6-5-9-21(22)29(31)32/h2-13,19,23-26,28H,14H2,1H3/t19-,23+,24-,25+,26-/m0/s1. The van der Waals surface area contributed by atoms with Gasteiger partial charge in [0.25, 0.3) is 5.69 Å². The molecule has 0 saturated heterocycles. The van der Waals surface area contributed by atoms with E-state index in [1.54, 1.807) is 19.1 Å². The molecule has 1 heterocycles. The van der Waals surface area contributed by atoms with Crippen LogP contribution in [0.2, 0.25) is 0 Å². The summed E-state index contributed by atoms with van der Waals surface area (Å²) < 4.78 is 0. The maximum absolute atomic E-state index is 12.1. The van der Waals surface area contributed by atoms with Crippen molar-refractivity contribution in [3.8, 4) is 0 Å². The third-order valence-corrected chi connectivity index (χ3v) is 8.83. The van der Waals surface area contributed by atoms with E-state index in [2.05, 4.69) is 17.4 Å². The van der Waals surface area contributed by atoms with E-state index in [0.29, 0.717) is 10.5 Å². The first-order chi connectivity index (χ1) is 15.9. The second-order valence-electron chi connectivity index (χ2n) is 8.64. The van der Waals surface area contributed by atoms with Gasteiger partial charge in [0.05, 0.1) is 21.2 Å². The van der Waals surface area contributed by atoms with Crippen LogP contribution in [0.1, 0.15) is 46.8 Å². The van der Waals surface area contributed by atoms with E-state index < -0.39 is 0 Å². The van der Waals surface area contributed by atoms with Crippen molar-refractivity contribution < 1.29 is 9.72 Å². The van der Waals surface area contributed by atoms with Crippen molar-refractivity contribution in [2.24, 2.45) is 5.92 Å². The summed E-state index contributed by atoms with van der Waals surface area (Å²) in [5, 5.41) is 15.0. The van der Waals surface area contributed by atoms with E-state index in [0.717, 1.165) is 17.7 Å². The Bertz CT molecular complexity index is 1220. The van der Waals surface area contributed by atoms with Crippen molar-refractivity contribution in [1.82, 2.24) is 0 Å². The summed E-state index contributed by atoms with van der Waals surface area (Å²) >= 11 is 8.64. The minimum absolute atomic E-state index is 0.00251. The van der Waals surface area contributed by atoms with Gasteiger partial charge in [-0.1, -0.05) is 42.5 Å². The van der Waals surface area contributed by atoms with E-state index in [-0.39, 0.29) is 44.9 Å². The second kappa shape index (κ2) is 8.84. The number of Topliss-reactive ketones (excluding diaryl/α,β-unsaturated/α-hetero) is 1. The summed E-state index contributed by atoms with van der Waals surface area (Å²) in [7, 11) is 0. The van der Waals surface area contributed by atoms with Gasteiger partial charge in [0, 0.05) is 28.5 Å². The monoisotopic (exact) mass is 478 g/mol. The third-order valence-electron chi connectivity index (χ3n) is 6.72. The third kappa shape index (κ3) is 4.02. The Hall–Kier alpha value is -2.83. The molecule has 0 amide bonds. The van der Waals surface area contributed by atoms with Gasteiger partial charge in [0.1, 0.15) is 0 Å². The number of alkyl halides is 1. The number of nitrogens with zero attached hydrogens (tertiary/aromatic N) is 1. The average Bonchev–Trinajstić information content (AvgIpc) is 3.15. The van der Waals surface area contributed by atoms with Crippen LogP contribution < -0.4 is 5.32 Å². The van der Waals surface area contributed by atoms with E-state index in [1.807, 2.05) is 42.5 Å². The largest absolute Gasteiger partial charge is 0.378 e. The predicted octanol–water partition coefficient (Wildman–Crippen LogP) is 6.84. The van der Waals surface area contributed by atoms with Crippen LogP contribution in [0.15, 0.2) is 77.7 Å². The lowest BCUT2D eigenvalue weighted by atomic mass is 9.76. The topological polar surface area (TPSA) is 72.2 Å². The van der Waals surface area contributed by atoms with Gasteiger partial charge in [-0.25, -0.2) is 0 Å². The number of nitrogens with one attached hydrogen (secondary N) is 1. The SMILES string of the molecule is CC(=O)c1ccc2c(c1)[C@@H]1[C@H](Cl)[C@H](Sc3ccccc3[N+](=O)[O-])C[C@@H]1[C@H](c1ccccc1)N2. The van der Waals surface area contributed by atoms with Crippen LogP contribution in [0.25, 0.3) is 0 Å². The first-order valence-corrected chi connectivity index (χ1v) is 12.3. The van der Waals surface area contributed by atoms with Gasteiger partial charge < -0.3 is 5.32 Å². The summed E-state index contributed by atoms with van der Waals surface area (Å²) in [5.41, 5.74) is 4.03. The summed E-state index contributed by atoms with van der Waals surface area (Å²) in [6.45, 7) is 1.57. The number of benzene rings is 3. The van der Waals surface area contributed by atoms with Crippen LogP contribution in [0, 0.1) is 16.0 Å². The molecule has 0 bridgehead atoms. The highest BCUT2D eigenvalue weighted by molar-refractivity contribution is 8.00. The van der Waals surface area contributed by atoms with E-state index in [1.165, 1.54) is 23.4 Å². The fourth-order valence-corrected chi connectivity index (χ4v) is 7.14. The highest BCUT2D eigenvalue weighted by Gasteiger charge is 2.50. The summed E-state index contributed by atoms with van der Waals surface area (Å²) in [5.74, 6) is 0.257. The van der Waals surface area contributed by atoms with Crippen molar-refractivity contribution in [3.05, 3.63) is 99.6 Å². The number of rotatable bonds is 5. The van der Waals surface area contributed by atoms with Crippen LogP contribution in [0.3, 0.4) is 0 Å². The van der Waals surface area contributed by atoms with Crippen molar-refractivity contribution in [2.75, 3.05) is 5.32 Å². The minimum atomic E-state index is -0.337. The van der Waals surface area contributed by atoms with Crippen LogP contribution in [-0.2, 0) is 0 Å². The van der Waals surface area contributed by atoms with Gasteiger partial charge in [-0.3, -0.25) is 14.9 Å². The Morgan fingerprint density at radius 3 is 2.55 bits per heavy atom. The molecule has 0 aromatic heterocycles. The van der Waals surface area contributed by atoms with Crippen molar-refractivity contribution in [3.63, 3.8) is 0 Å². The van der Waals surface area contributed by atoms with E-state index in [9.17, 15) is 14.9 Å². The van der Waals surface area contributed by atoms with Crippen molar-refractivity contribution in [2.45, 2.75) is 40.8 Å². The number of nitro benzene ring substituents is 1. The summed E-state index contributed by atoms with van der Waals surface area (Å²) in [6, 6.07) is 23.0. The molecule has 0 spiro atoms. The van der Waals surface area contributed by atoms with Crippen LogP contribution in [0.5, 0.6) is 0 Å². The molecule has 1 N–H and O–H groups in total. The molecule has 0 unspecified atom stereocenters. The molecule has 168 valence electrons. The maximum Gasteiger partial charge on any atom is 0.282 e. The van der Waals surface area contributed by atoms with Crippen LogP contribution >= 0.6 is 23.4 Å². The molecule has 0 radical (unpaired) electrons. The Balaban J connectivity index is 1.55. The average molecular weight is 479 g/mol. The van der Waals surface area contributed by atoms with Gasteiger partial charge >= 0.3 is 0 Å². The lowest BCUT2D eigenvalue weighted by Crippen LogP contribution is -2.31. The summed E-state index contributed by atoms with van der Waals surface area (Å²) in [4.78, 5) is 23.9. The Morgan fingerprint density at radius 1 is 1.09 bits per heavy atom. The number of hydrogen-bond acceptors (Lipinski definition) is 5. The smallest absolute Gasteiger partial charge is 0.282 e. The molecule has 1 fully saturated rings. The zero-order valence-electron chi connectivity index (χ0n) is 18.0. The molecule has 5 atom stereocenters. The molecule has 3 aromatic carbocycles. The number of carbonyl (C=O) groups is 1. The van der Waals surface area contributed by atoms with Crippen molar-refractivity contribution in [1.29, 1.82) is 0 Å². The lowest BCUT2D eigenvalue weighted by Gasteiger charge is -2.38. The number of carbonyl (C=O) groups excluding carboxylic acids is 1. The van der Waals surface area contributed by atoms with Gasteiger partial charge in [0.2, 0.25) is 0 Å². The summed E-state index contributed by atoms with van der Waals surface area (Å²) in [6.07, 6.45) is 0.811. The quantitative estimate of drug-likeness (QED) is 0.188. The number of ketones is 1. The highest BCUT2D eigenvalue weighted by Crippen LogP contribution is 2.58. The maximum atomic E-state index is 12.1. The van der Waals surface area contributed by atoms with Gasteiger partial charge in [0.15, 0.2) is 5.78 Å². The van der Waals surface area contributed by atoms with Gasteiger partial charge in [-0.15, -0.1) is 23.4 Å². The lowest BCUT2D eigenvalue weighted by molar-refractivity contribution is -0.387. The highest BCUT2D eigenvalue weighted by atomic mass is 35.5.